The van der Waals surface area contributed by atoms with Gasteiger partial charge in [-0.05, 0) is 51.0 Å². The Kier molecular flexibility index (Phi) is 7.28. The summed E-state index contributed by atoms with van der Waals surface area (Å²) in [5, 5.41) is 11.2. The number of rotatable bonds is 7. The summed E-state index contributed by atoms with van der Waals surface area (Å²) in [6.07, 6.45) is 7.24. The average molecular weight is 414 g/mol. The summed E-state index contributed by atoms with van der Waals surface area (Å²) >= 11 is 0. The van der Waals surface area contributed by atoms with Gasteiger partial charge in [0.2, 0.25) is 0 Å². The second-order valence-corrected chi connectivity index (χ2v) is 9.28. The lowest BCUT2D eigenvalue weighted by Gasteiger charge is -2.41. The summed E-state index contributed by atoms with van der Waals surface area (Å²) < 4.78 is 5.68. The van der Waals surface area contributed by atoms with Crippen LogP contribution in [0.2, 0.25) is 0 Å². The van der Waals surface area contributed by atoms with Crippen LogP contribution in [0.5, 0.6) is 0 Å². The molecular formula is C24H39N5O. The fourth-order valence-electron chi connectivity index (χ4n) is 4.91. The molecule has 1 aliphatic carbocycles. The van der Waals surface area contributed by atoms with Crippen LogP contribution in [-0.2, 0) is 4.74 Å². The third-order valence-corrected chi connectivity index (χ3v) is 7.02. The van der Waals surface area contributed by atoms with E-state index in [4.69, 9.17) is 4.74 Å². The van der Waals surface area contributed by atoms with Gasteiger partial charge in [-0.1, -0.05) is 30.3 Å². The lowest BCUT2D eigenvalue weighted by molar-refractivity contribution is 0.0354. The first-order chi connectivity index (χ1) is 14.7. The lowest BCUT2D eigenvalue weighted by atomic mass is 9.88. The number of nitrogens with one attached hydrogen (secondary N) is 3. The first-order valence-electron chi connectivity index (χ1n) is 11.8. The van der Waals surface area contributed by atoms with Crippen LogP contribution in [0.15, 0.2) is 35.3 Å². The number of nitrogens with zero attached hydrogens (tertiary/aromatic N) is 2. The fraction of sp³-hybridized carbons (Fsp3) is 0.708. The van der Waals surface area contributed by atoms with E-state index in [2.05, 4.69) is 63.1 Å². The number of likely N-dealkylation sites (tertiary alicyclic amines) is 1. The van der Waals surface area contributed by atoms with Crippen LogP contribution in [0.4, 0.5) is 0 Å². The number of hydrogen-bond acceptors (Lipinski definition) is 4. The molecule has 0 aromatic heterocycles. The van der Waals surface area contributed by atoms with Crippen molar-refractivity contribution in [3.05, 3.63) is 35.9 Å². The van der Waals surface area contributed by atoms with Crippen molar-refractivity contribution in [1.29, 1.82) is 0 Å². The van der Waals surface area contributed by atoms with E-state index in [0.29, 0.717) is 12.1 Å². The summed E-state index contributed by atoms with van der Waals surface area (Å²) in [6.45, 7) is 7.17. The van der Waals surface area contributed by atoms with Crippen molar-refractivity contribution in [3.63, 3.8) is 0 Å². The number of piperidine rings is 1. The van der Waals surface area contributed by atoms with E-state index in [1.807, 2.05) is 7.05 Å². The summed E-state index contributed by atoms with van der Waals surface area (Å²) in [5.41, 5.74) is 1.34. The highest BCUT2D eigenvalue weighted by Gasteiger charge is 2.35. The van der Waals surface area contributed by atoms with Crippen LogP contribution in [0.3, 0.4) is 0 Å². The van der Waals surface area contributed by atoms with Gasteiger partial charge in [0.25, 0.3) is 0 Å². The van der Waals surface area contributed by atoms with Gasteiger partial charge in [-0.15, -0.1) is 0 Å². The predicted molar refractivity (Wildman–Crippen MR) is 123 cm³/mol. The summed E-state index contributed by atoms with van der Waals surface area (Å²) in [4.78, 5) is 7.19. The Morgan fingerprint density at radius 1 is 1.13 bits per heavy atom. The third-order valence-electron chi connectivity index (χ3n) is 7.02. The van der Waals surface area contributed by atoms with E-state index < -0.39 is 0 Å². The molecule has 0 amide bonds. The molecule has 166 valence electrons. The van der Waals surface area contributed by atoms with Crippen LogP contribution in [0, 0.1) is 0 Å². The topological polar surface area (TPSA) is 60.9 Å². The summed E-state index contributed by atoms with van der Waals surface area (Å²) in [7, 11) is 1.88. The second kappa shape index (κ2) is 10.1. The Morgan fingerprint density at radius 3 is 2.47 bits per heavy atom. The van der Waals surface area contributed by atoms with Crippen LogP contribution >= 0.6 is 0 Å². The first-order valence-corrected chi connectivity index (χ1v) is 11.8. The molecule has 0 bridgehead atoms. The zero-order valence-electron chi connectivity index (χ0n) is 18.7. The molecule has 3 aliphatic rings. The van der Waals surface area contributed by atoms with Crippen molar-refractivity contribution < 1.29 is 4.74 Å². The molecule has 2 heterocycles. The van der Waals surface area contributed by atoms with Crippen molar-refractivity contribution in [2.24, 2.45) is 4.99 Å². The van der Waals surface area contributed by atoms with E-state index in [1.165, 1.54) is 44.3 Å². The molecule has 30 heavy (non-hydrogen) atoms. The molecule has 1 aromatic carbocycles. The van der Waals surface area contributed by atoms with Gasteiger partial charge >= 0.3 is 0 Å². The molecule has 1 aromatic rings. The summed E-state index contributed by atoms with van der Waals surface area (Å²) in [5.74, 6) is 0.930. The molecule has 4 rings (SSSR count). The van der Waals surface area contributed by atoms with Gasteiger partial charge in [0.05, 0.1) is 0 Å². The molecule has 6 heteroatoms. The van der Waals surface area contributed by atoms with Crippen LogP contribution in [-0.4, -0.2) is 68.4 Å². The van der Waals surface area contributed by atoms with Crippen molar-refractivity contribution in [1.82, 2.24) is 20.9 Å². The molecule has 3 fully saturated rings. The largest absolute Gasteiger partial charge is 0.381 e. The SMILES string of the molecule is CN=C(NCC1(NC(C)c2ccccc2)CCOCC1)NC1CCN(C2CC2)CC1. The monoisotopic (exact) mass is 413 g/mol. The molecular weight excluding hydrogens is 374 g/mol. The Morgan fingerprint density at radius 2 is 1.83 bits per heavy atom. The molecule has 0 spiro atoms. The Bertz CT molecular complexity index is 676. The molecule has 0 radical (unpaired) electrons. The molecule has 6 nitrogen and oxygen atoms in total. The quantitative estimate of drug-likeness (QED) is 0.474. The van der Waals surface area contributed by atoms with Crippen LogP contribution in [0.25, 0.3) is 0 Å². The highest BCUT2D eigenvalue weighted by atomic mass is 16.5. The standard InChI is InChI=1S/C24H39N5O/c1-19(20-6-4-3-5-7-20)28-24(12-16-30-17-13-24)18-26-23(25-2)27-21-10-14-29(15-11-21)22-8-9-22/h3-7,19,21-22,28H,8-18H2,1-2H3,(H2,25,26,27). The normalized spacial score (nSPS) is 24.4. The number of ether oxygens (including phenoxy) is 1. The average Bonchev–Trinajstić information content (AvgIpc) is 3.64. The first kappa shape index (κ1) is 21.6. The molecule has 1 unspecified atom stereocenters. The van der Waals surface area contributed by atoms with Gasteiger partial charge in [0.15, 0.2) is 5.96 Å². The zero-order valence-corrected chi connectivity index (χ0v) is 18.7. The highest BCUT2D eigenvalue weighted by molar-refractivity contribution is 5.80. The number of benzene rings is 1. The van der Waals surface area contributed by atoms with Crippen LogP contribution in [0.1, 0.15) is 57.1 Å². The van der Waals surface area contributed by atoms with Crippen molar-refractivity contribution in [2.75, 3.05) is 39.9 Å². The Hall–Kier alpha value is -1.63. The fourth-order valence-corrected chi connectivity index (χ4v) is 4.91. The van der Waals surface area contributed by atoms with E-state index in [0.717, 1.165) is 44.6 Å². The molecule has 3 N–H and O–H groups in total. The smallest absolute Gasteiger partial charge is 0.191 e. The molecule has 2 saturated heterocycles. The van der Waals surface area contributed by atoms with Gasteiger partial charge in [0, 0.05) is 63.6 Å². The van der Waals surface area contributed by atoms with Gasteiger partial charge in [-0.2, -0.15) is 0 Å². The van der Waals surface area contributed by atoms with Gasteiger partial charge in [-0.25, -0.2) is 0 Å². The number of hydrogen-bond donors (Lipinski definition) is 3. The van der Waals surface area contributed by atoms with Gasteiger partial charge in [0.1, 0.15) is 0 Å². The second-order valence-electron chi connectivity index (χ2n) is 9.28. The van der Waals surface area contributed by atoms with E-state index in [-0.39, 0.29) is 5.54 Å². The predicted octanol–water partition coefficient (Wildman–Crippen LogP) is 2.68. The van der Waals surface area contributed by atoms with E-state index in [9.17, 15) is 0 Å². The third kappa shape index (κ3) is 5.74. The number of aliphatic imine (C=N–C) groups is 1. The summed E-state index contributed by atoms with van der Waals surface area (Å²) in [6, 6.07) is 12.4. The maximum absolute atomic E-state index is 5.68. The Labute approximate surface area is 181 Å². The Balaban J connectivity index is 1.31. The van der Waals surface area contributed by atoms with Crippen molar-refractivity contribution in [3.8, 4) is 0 Å². The zero-order chi connectivity index (χ0) is 20.8. The minimum atomic E-state index is 0.0144. The molecule has 1 saturated carbocycles. The minimum absolute atomic E-state index is 0.0144. The van der Waals surface area contributed by atoms with Crippen molar-refractivity contribution >= 4 is 5.96 Å². The van der Waals surface area contributed by atoms with Gasteiger partial charge < -0.3 is 25.6 Å². The maximum atomic E-state index is 5.68. The van der Waals surface area contributed by atoms with Crippen molar-refractivity contribution in [2.45, 2.75) is 69.1 Å². The van der Waals surface area contributed by atoms with Crippen LogP contribution < -0.4 is 16.0 Å². The van der Waals surface area contributed by atoms with Gasteiger partial charge in [-0.3, -0.25) is 4.99 Å². The minimum Gasteiger partial charge on any atom is -0.381 e. The highest BCUT2D eigenvalue weighted by Crippen LogP contribution is 2.29. The lowest BCUT2D eigenvalue weighted by Crippen LogP contribution is -2.59. The molecule has 2 aliphatic heterocycles. The van der Waals surface area contributed by atoms with E-state index in [1.54, 1.807) is 0 Å². The van der Waals surface area contributed by atoms with E-state index >= 15 is 0 Å². The molecule has 1 atom stereocenters. The maximum Gasteiger partial charge on any atom is 0.191 e. The number of guanidine groups is 1.